The number of guanidine groups is 1. The maximum Gasteiger partial charge on any atom is 0.191 e. The maximum absolute atomic E-state index is 4.77. The molecule has 0 aromatic rings. The van der Waals surface area contributed by atoms with Crippen molar-refractivity contribution in [2.45, 2.75) is 72.4 Å². The highest BCUT2D eigenvalue weighted by atomic mass is 15.2. The van der Waals surface area contributed by atoms with Crippen molar-refractivity contribution in [3.05, 3.63) is 0 Å². The Labute approximate surface area is 150 Å². The molecular formula is C19H41N5. The van der Waals surface area contributed by atoms with Crippen LogP contribution in [0.3, 0.4) is 0 Å². The first-order chi connectivity index (χ1) is 11.6. The second kappa shape index (κ2) is 12.5. The number of hydrogen-bond acceptors (Lipinski definition) is 3. The Bertz CT molecular complexity index is 337. The largest absolute Gasteiger partial charge is 0.357 e. The average Bonchev–Trinajstić information content (AvgIpc) is 3.40. The van der Waals surface area contributed by atoms with Crippen LogP contribution in [0.4, 0.5) is 0 Å². The van der Waals surface area contributed by atoms with Crippen LogP contribution < -0.4 is 10.6 Å². The van der Waals surface area contributed by atoms with E-state index in [9.17, 15) is 0 Å². The number of hydrogen-bond donors (Lipinski definition) is 2. The van der Waals surface area contributed by atoms with Crippen LogP contribution in [0.5, 0.6) is 0 Å². The molecule has 1 aliphatic carbocycles. The molecule has 0 saturated heterocycles. The van der Waals surface area contributed by atoms with Crippen molar-refractivity contribution in [2.75, 3.05) is 45.8 Å². The second-order valence-corrected chi connectivity index (χ2v) is 6.83. The van der Waals surface area contributed by atoms with Crippen molar-refractivity contribution in [1.29, 1.82) is 0 Å². The van der Waals surface area contributed by atoms with Gasteiger partial charge in [-0.05, 0) is 65.7 Å². The van der Waals surface area contributed by atoms with Gasteiger partial charge in [0.1, 0.15) is 0 Å². The van der Waals surface area contributed by atoms with Crippen LogP contribution in [0.15, 0.2) is 4.99 Å². The summed E-state index contributed by atoms with van der Waals surface area (Å²) in [6.07, 6.45) is 5.17. The minimum Gasteiger partial charge on any atom is -0.357 e. The minimum absolute atomic E-state index is 0.462. The fourth-order valence-corrected chi connectivity index (χ4v) is 3.12. The summed E-state index contributed by atoms with van der Waals surface area (Å²) in [4.78, 5) is 9.81. The number of aliphatic imine (C=N–C) groups is 1. The van der Waals surface area contributed by atoms with Crippen molar-refractivity contribution in [2.24, 2.45) is 4.99 Å². The molecule has 1 fully saturated rings. The highest BCUT2D eigenvalue weighted by molar-refractivity contribution is 5.80. The number of nitrogens with one attached hydrogen (secondary N) is 2. The lowest BCUT2D eigenvalue weighted by Crippen LogP contribution is -2.43. The van der Waals surface area contributed by atoms with Crippen LogP contribution in [0, 0.1) is 0 Å². The lowest BCUT2D eigenvalue weighted by molar-refractivity contribution is 0.286. The first-order valence-corrected chi connectivity index (χ1v) is 10.2. The highest BCUT2D eigenvalue weighted by Crippen LogP contribution is 2.25. The van der Waals surface area contributed by atoms with Gasteiger partial charge in [-0.3, -0.25) is 9.89 Å². The fraction of sp³-hybridized carbons (Fsp3) is 0.947. The molecule has 0 aromatic carbocycles. The molecule has 0 aliphatic heterocycles. The molecule has 0 bridgehead atoms. The van der Waals surface area contributed by atoms with E-state index < -0.39 is 0 Å². The van der Waals surface area contributed by atoms with Crippen molar-refractivity contribution in [3.8, 4) is 0 Å². The zero-order valence-electron chi connectivity index (χ0n) is 16.8. The second-order valence-electron chi connectivity index (χ2n) is 6.83. The smallest absolute Gasteiger partial charge is 0.191 e. The van der Waals surface area contributed by atoms with Gasteiger partial charge in [-0.25, -0.2) is 0 Å². The lowest BCUT2D eigenvalue weighted by Gasteiger charge is -2.22. The molecule has 24 heavy (non-hydrogen) atoms. The van der Waals surface area contributed by atoms with E-state index in [0.29, 0.717) is 6.04 Å². The third kappa shape index (κ3) is 8.88. The van der Waals surface area contributed by atoms with Crippen molar-refractivity contribution >= 4 is 5.96 Å². The van der Waals surface area contributed by atoms with Crippen molar-refractivity contribution < 1.29 is 0 Å². The predicted molar refractivity (Wildman–Crippen MR) is 106 cm³/mol. The van der Waals surface area contributed by atoms with E-state index in [1.165, 1.54) is 32.2 Å². The third-order valence-corrected chi connectivity index (χ3v) is 4.86. The summed E-state index contributed by atoms with van der Waals surface area (Å²) >= 11 is 0. The van der Waals surface area contributed by atoms with Gasteiger partial charge in [0.05, 0.1) is 6.54 Å². The standard InChI is InChI=1S/C19H41N5/c1-6-20-19(21-14-16-24(9-4)18-12-13-18)22-17(5)11-10-15-23(7-2)8-3/h17-18H,6-16H2,1-5H3,(H2,20,21,22). The van der Waals surface area contributed by atoms with Gasteiger partial charge in [0.15, 0.2) is 5.96 Å². The van der Waals surface area contributed by atoms with Crippen LogP contribution in [0.1, 0.15) is 60.3 Å². The van der Waals surface area contributed by atoms with Crippen molar-refractivity contribution in [1.82, 2.24) is 20.4 Å². The van der Waals surface area contributed by atoms with E-state index >= 15 is 0 Å². The summed E-state index contributed by atoms with van der Waals surface area (Å²) in [6, 6.07) is 1.30. The molecule has 1 saturated carbocycles. The first kappa shape index (κ1) is 21.2. The third-order valence-electron chi connectivity index (χ3n) is 4.86. The summed E-state index contributed by atoms with van der Waals surface area (Å²) in [5.41, 5.74) is 0. The predicted octanol–water partition coefficient (Wildman–Crippen LogP) is 2.54. The quantitative estimate of drug-likeness (QED) is 0.400. The molecule has 0 aromatic heterocycles. The summed E-state index contributed by atoms with van der Waals surface area (Å²) in [7, 11) is 0. The summed E-state index contributed by atoms with van der Waals surface area (Å²) in [6.45, 7) is 18.6. The van der Waals surface area contributed by atoms with E-state index in [-0.39, 0.29) is 0 Å². The number of likely N-dealkylation sites (N-methyl/N-ethyl adjacent to an activating group) is 1. The Balaban J connectivity index is 2.30. The molecule has 142 valence electrons. The normalized spacial score (nSPS) is 16.7. The van der Waals surface area contributed by atoms with Crippen molar-refractivity contribution in [3.63, 3.8) is 0 Å². The van der Waals surface area contributed by atoms with Gasteiger partial charge in [-0.1, -0.05) is 20.8 Å². The Morgan fingerprint density at radius 2 is 1.79 bits per heavy atom. The summed E-state index contributed by atoms with van der Waals surface area (Å²) < 4.78 is 0. The van der Waals surface area contributed by atoms with Crippen LogP contribution in [-0.2, 0) is 0 Å². The maximum atomic E-state index is 4.77. The SMILES string of the molecule is CCNC(=NCCN(CC)C1CC1)NC(C)CCCN(CC)CC. The molecule has 1 atom stereocenters. The molecule has 0 spiro atoms. The molecule has 2 N–H and O–H groups in total. The Morgan fingerprint density at radius 1 is 1.08 bits per heavy atom. The number of nitrogens with zero attached hydrogens (tertiary/aromatic N) is 3. The minimum atomic E-state index is 0.462. The van der Waals surface area contributed by atoms with E-state index in [1.54, 1.807) is 0 Å². The molecule has 0 amide bonds. The van der Waals surface area contributed by atoms with Crippen LogP contribution >= 0.6 is 0 Å². The lowest BCUT2D eigenvalue weighted by atomic mass is 10.2. The average molecular weight is 340 g/mol. The highest BCUT2D eigenvalue weighted by Gasteiger charge is 2.27. The Morgan fingerprint density at radius 3 is 2.33 bits per heavy atom. The monoisotopic (exact) mass is 339 g/mol. The van der Waals surface area contributed by atoms with Gasteiger partial charge in [-0.15, -0.1) is 0 Å². The number of rotatable bonds is 13. The van der Waals surface area contributed by atoms with Gasteiger partial charge >= 0.3 is 0 Å². The summed E-state index contributed by atoms with van der Waals surface area (Å²) in [5, 5.41) is 6.95. The zero-order chi connectivity index (χ0) is 17.8. The van der Waals surface area contributed by atoms with Gasteiger partial charge < -0.3 is 15.5 Å². The van der Waals surface area contributed by atoms with E-state index in [0.717, 1.165) is 51.3 Å². The van der Waals surface area contributed by atoms with E-state index in [4.69, 9.17) is 4.99 Å². The molecular weight excluding hydrogens is 298 g/mol. The van der Waals surface area contributed by atoms with Crippen LogP contribution in [0.25, 0.3) is 0 Å². The molecule has 5 nitrogen and oxygen atoms in total. The first-order valence-electron chi connectivity index (χ1n) is 10.2. The Kier molecular flexibility index (Phi) is 11.1. The van der Waals surface area contributed by atoms with Gasteiger partial charge in [0, 0.05) is 25.2 Å². The molecule has 0 radical (unpaired) electrons. The Hall–Kier alpha value is -0.810. The molecule has 1 rings (SSSR count). The van der Waals surface area contributed by atoms with Gasteiger partial charge in [-0.2, -0.15) is 0 Å². The van der Waals surface area contributed by atoms with E-state index in [2.05, 4.69) is 55.1 Å². The van der Waals surface area contributed by atoms with Gasteiger partial charge in [0.2, 0.25) is 0 Å². The molecule has 1 unspecified atom stereocenters. The molecule has 1 aliphatic rings. The van der Waals surface area contributed by atoms with Crippen LogP contribution in [0.2, 0.25) is 0 Å². The topological polar surface area (TPSA) is 42.9 Å². The molecule has 5 heteroatoms. The van der Waals surface area contributed by atoms with E-state index in [1.807, 2.05) is 0 Å². The van der Waals surface area contributed by atoms with Gasteiger partial charge in [0.25, 0.3) is 0 Å². The molecule has 0 heterocycles. The van der Waals surface area contributed by atoms with Crippen LogP contribution in [-0.4, -0.2) is 73.7 Å². The fourth-order valence-electron chi connectivity index (χ4n) is 3.12. The zero-order valence-corrected chi connectivity index (χ0v) is 16.8. The summed E-state index contributed by atoms with van der Waals surface area (Å²) in [5.74, 6) is 0.972.